The topological polar surface area (TPSA) is 85.8 Å². The summed E-state index contributed by atoms with van der Waals surface area (Å²) in [5.74, 6) is 0.435. The fraction of sp³-hybridized carbons (Fsp3) is 0.350. The number of benzene rings is 1. The molecule has 2 aliphatic rings. The van der Waals surface area contributed by atoms with Crippen LogP contribution in [0.25, 0.3) is 0 Å². The highest BCUT2D eigenvalue weighted by Crippen LogP contribution is 2.30. The monoisotopic (exact) mass is 366 g/mol. The van der Waals surface area contributed by atoms with Crippen LogP contribution in [0.3, 0.4) is 0 Å². The van der Waals surface area contributed by atoms with Gasteiger partial charge >= 0.3 is 0 Å². The van der Waals surface area contributed by atoms with E-state index >= 15 is 0 Å². The first-order valence-electron chi connectivity index (χ1n) is 9.17. The second-order valence-corrected chi connectivity index (χ2v) is 6.93. The molecule has 0 radical (unpaired) electrons. The molecule has 2 amide bonds. The fourth-order valence-electron chi connectivity index (χ4n) is 3.49. The van der Waals surface area contributed by atoms with E-state index in [2.05, 4.69) is 10.3 Å². The Morgan fingerprint density at radius 3 is 2.70 bits per heavy atom. The van der Waals surface area contributed by atoms with Crippen molar-refractivity contribution >= 4 is 23.3 Å². The number of hydrogen-bond acceptors (Lipinski definition) is 5. The van der Waals surface area contributed by atoms with Crippen LogP contribution in [0.4, 0.5) is 11.5 Å². The number of nitrogens with zero attached hydrogens (tertiary/aromatic N) is 3. The number of nitrogens with one attached hydrogen (secondary N) is 1. The summed E-state index contributed by atoms with van der Waals surface area (Å²) < 4.78 is 0. The lowest BCUT2D eigenvalue weighted by atomic mass is 10.1. The van der Waals surface area contributed by atoms with Gasteiger partial charge in [-0.1, -0.05) is 30.3 Å². The van der Waals surface area contributed by atoms with Crippen molar-refractivity contribution in [3.8, 4) is 0 Å². The van der Waals surface area contributed by atoms with Crippen molar-refractivity contribution in [2.45, 2.75) is 25.5 Å². The minimum atomic E-state index is -0.334. The number of carbonyl (C=O) groups is 2. The molecule has 0 unspecified atom stereocenters. The van der Waals surface area contributed by atoms with Crippen LogP contribution < -0.4 is 10.2 Å². The summed E-state index contributed by atoms with van der Waals surface area (Å²) in [5, 5.41) is 12.7. The van der Waals surface area contributed by atoms with E-state index in [0.29, 0.717) is 49.5 Å². The smallest absolute Gasteiger partial charge is 0.255 e. The maximum absolute atomic E-state index is 12.8. The van der Waals surface area contributed by atoms with Crippen molar-refractivity contribution in [1.29, 1.82) is 0 Å². The molecule has 0 spiro atoms. The van der Waals surface area contributed by atoms with E-state index in [1.807, 2.05) is 30.3 Å². The van der Waals surface area contributed by atoms with Crippen LogP contribution in [0, 0.1) is 0 Å². The first kappa shape index (κ1) is 17.5. The molecule has 0 bridgehead atoms. The summed E-state index contributed by atoms with van der Waals surface area (Å²) in [7, 11) is 0. The maximum atomic E-state index is 12.8. The number of anilines is 2. The van der Waals surface area contributed by atoms with E-state index in [1.165, 1.54) is 0 Å². The maximum Gasteiger partial charge on any atom is 0.255 e. The molecule has 0 saturated carbocycles. The fourth-order valence-corrected chi connectivity index (χ4v) is 3.49. The molecule has 0 aliphatic carbocycles. The van der Waals surface area contributed by atoms with Crippen LogP contribution in [0.2, 0.25) is 0 Å². The molecule has 0 atom stereocenters. The van der Waals surface area contributed by atoms with Crippen LogP contribution in [-0.4, -0.2) is 52.5 Å². The number of fused-ring (bicyclic) bond motifs is 1. The molecule has 2 N–H and O–H groups in total. The lowest BCUT2D eigenvalue weighted by Gasteiger charge is -2.32. The van der Waals surface area contributed by atoms with Crippen molar-refractivity contribution in [2.24, 2.45) is 0 Å². The number of hydrogen-bond donors (Lipinski definition) is 2. The van der Waals surface area contributed by atoms with E-state index in [0.717, 1.165) is 5.56 Å². The van der Waals surface area contributed by atoms with Gasteiger partial charge in [0.1, 0.15) is 0 Å². The third-order valence-corrected chi connectivity index (χ3v) is 5.05. The van der Waals surface area contributed by atoms with Crippen LogP contribution in [0.1, 0.15) is 28.8 Å². The van der Waals surface area contributed by atoms with E-state index in [9.17, 15) is 14.7 Å². The first-order chi connectivity index (χ1) is 13.1. The Morgan fingerprint density at radius 2 is 1.96 bits per heavy atom. The van der Waals surface area contributed by atoms with Gasteiger partial charge in [0.15, 0.2) is 5.82 Å². The van der Waals surface area contributed by atoms with Crippen molar-refractivity contribution in [3.05, 3.63) is 53.7 Å². The molecule has 3 heterocycles. The quantitative estimate of drug-likeness (QED) is 0.863. The predicted octanol–water partition coefficient (Wildman–Crippen LogP) is 1.64. The predicted molar refractivity (Wildman–Crippen MR) is 102 cm³/mol. The number of aliphatic hydroxyl groups is 1. The summed E-state index contributed by atoms with van der Waals surface area (Å²) in [6, 6.07) is 11.5. The average molecular weight is 366 g/mol. The number of aromatic nitrogens is 1. The van der Waals surface area contributed by atoms with E-state index in [4.69, 9.17) is 0 Å². The highest BCUT2D eigenvalue weighted by molar-refractivity contribution is 6.04. The van der Waals surface area contributed by atoms with Gasteiger partial charge in [-0.05, 0) is 24.5 Å². The third kappa shape index (κ3) is 3.64. The van der Waals surface area contributed by atoms with Crippen molar-refractivity contribution in [2.75, 3.05) is 29.9 Å². The van der Waals surface area contributed by atoms with Crippen molar-refractivity contribution < 1.29 is 14.7 Å². The van der Waals surface area contributed by atoms with Gasteiger partial charge < -0.3 is 20.2 Å². The SMILES string of the molecule is O=C(c1cnc2c(c1)N(Cc1ccccc1)C(=O)CN2)N1CCC(O)CC1. The second kappa shape index (κ2) is 7.36. The zero-order chi connectivity index (χ0) is 18.8. The zero-order valence-corrected chi connectivity index (χ0v) is 15.0. The Hall–Kier alpha value is -2.93. The number of aliphatic hydroxyl groups excluding tert-OH is 1. The van der Waals surface area contributed by atoms with Crippen molar-refractivity contribution in [3.63, 3.8) is 0 Å². The van der Waals surface area contributed by atoms with Crippen LogP contribution >= 0.6 is 0 Å². The highest BCUT2D eigenvalue weighted by Gasteiger charge is 2.28. The van der Waals surface area contributed by atoms with Crippen LogP contribution in [0.15, 0.2) is 42.6 Å². The summed E-state index contributed by atoms with van der Waals surface area (Å²) >= 11 is 0. The van der Waals surface area contributed by atoms with Crippen LogP contribution in [0.5, 0.6) is 0 Å². The standard InChI is InChI=1S/C20H22N4O3/c25-16-6-8-23(9-7-16)20(27)15-10-17-19(21-11-15)22-12-18(26)24(17)13-14-4-2-1-3-5-14/h1-5,10-11,16,25H,6-9,12-13H2,(H,21,22). The van der Waals surface area contributed by atoms with Crippen LogP contribution in [-0.2, 0) is 11.3 Å². The molecule has 7 nitrogen and oxygen atoms in total. The molecule has 1 aromatic heterocycles. The molecule has 2 aliphatic heterocycles. The van der Waals surface area contributed by atoms with Crippen molar-refractivity contribution in [1.82, 2.24) is 9.88 Å². The number of carbonyl (C=O) groups excluding carboxylic acids is 2. The molecule has 1 aromatic carbocycles. The second-order valence-electron chi connectivity index (χ2n) is 6.93. The molecule has 7 heteroatoms. The van der Waals surface area contributed by atoms with Gasteiger partial charge in [0, 0.05) is 19.3 Å². The zero-order valence-electron chi connectivity index (χ0n) is 15.0. The molecule has 1 fully saturated rings. The van der Waals surface area contributed by atoms with E-state index in [-0.39, 0.29) is 24.5 Å². The Kier molecular flexibility index (Phi) is 4.77. The van der Waals surface area contributed by atoms with Gasteiger partial charge in [-0.3, -0.25) is 9.59 Å². The molecule has 140 valence electrons. The molecular formula is C20H22N4O3. The Balaban J connectivity index is 1.60. The normalized spacial score (nSPS) is 17.4. The summed E-state index contributed by atoms with van der Waals surface area (Å²) in [6.45, 7) is 1.68. The van der Waals surface area contributed by atoms with E-state index in [1.54, 1.807) is 22.1 Å². The Labute approximate surface area is 157 Å². The Morgan fingerprint density at radius 1 is 1.22 bits per heavy atom. The average Bonchev–Trinajstić information content (AvgIpc) is 2.71. The molecule has 2 aromatic rings. The Bertz CT molecular complexity index is 848. The van der Waals surface area contributed by atoms with Gasteiger partial charge in [0.2, 0.25) is 5.91 Å². The molecule has 27 heavy (non-hydrogen) atoms. The summed E-state index contributed by atoms with van der Waals surface area (Å²) in [5.41, 5.74) is 2.10. The highest BCUT2D eigenvalue weighted by atomic mass is 16.3. The van der Waals surface area contributed by atoms with Gasteiger partial charge in [-0.25, -0.2) is 4.98 Å². The third-order valence-electron chi connectivity index (χ3n) is 5.05. The summed E-state index contributed by atoms with van der Waals surface area (Å²) in [6.07, 6.45) is 2.39. The number of piperidine rings is 1. The van der Waals surface area contributed by atoms with Gasteiger partial charge in [0.05, 0.1) is 30.4 Å². The lowest BCUT2D eigenvalue weighted by molar-refractivity contribution is -0.117. The number of pyridine rings is 1. The first-order valence-corrected chi connectivity index (χ1v) is 9.17. The molecular weight excluding hydrogens is 344 g/mol. The largest absolute Gasteiger partial charge is 0.393 e. The van der Waals surface area contributed by atoms with E-state index < -0.39 is 0 Å². The summed E-state index contributed by atoms with van der Waals surface area (Å²) in [4.78, 5) is 33.1. The molecule has 4 rings (SSSR count). The number of rotatable bonds is 3. The number of amides is 2. The minimum Gasteiger partial charge on any atom is -0.393 e. The van der Waals surface area contributed by atoms with Gasteiger partial charge in [0.25, 0.3) is 5.91 Å². The minimum absolute atomic E-state index is 0.0566. The van der Waals surface area contributed by atoms with Gasteiger partial charge in [-0.15, -0.1) is 0 Å². The number of likely N-dealkylation sites (tertiary alicyclic amines) is 1. The lowest BCUT2D eigenvalue weighted by Crippen LogP contribution is -2.41. The molecule has 1 saturated heterocycles. The van der Waals surface area contributed by atoms with Gasteiger partial charge in [-0.2, -0.15) is 0 Å².